The molecule has 0 atom stereocenters. The smallest absolute Gasteiger partial charge is 0.308 e. The Morgan fingerprint density at radius 1 is 0.958 bits per heavy atom. The third-order valence-corrected chi connectivity index (χ3v) is 5.77. The lowest BCUT2D eigenvalue weighted by Crippen LogP contribution is -2.37. The Morgan fingerprint density at radius 3 is 2.29 bits per heavy atom. The van der Waals surface area contributed by atoms with Gasteiger partial charge in [0.1, 0.15) is 0 Å². The van der Waals surface area contributed by atoms with Gasteiger partial charge >= 0.3 is 5.69 Å². The van der Waals surface area contributed by atoms with E-state index in [9.17, 15) is 9.59 Å². The van der Waals surface area contributed by atoms with Gasteiger partial charge in [-0.3, -0.25) is 13.9 Å². The van der Waals surface area contributed by atoms with E-state index in [0.29, 0.717) is 11.2 Å². The Hall–Kier alpha value is -1.54. The number of hydrogen-bond donors (Lipinski definition) is 0. The summed E-state index contributed by atoms with van der Waals surface area (Å²) >= 11 is 1.65. The summed E-state index contributed by atoms with van der Waals surface area (Å²) in [6, 6.07) is 0. The van der Waals surface area contributed by atoms with E-state index in [0.717, 1.165) is 22.0 Å². The summed E-state index contributed by atoms with van der Waals surface area (Å²) in [6.07, 6.45) is 5.25. The number of thioether (sulfide) groups is 1. The van der Waals surface area contributed by atoms with Crippen LogP contribution in [0.25, 0.3) is 11.2 Å². The number of nitrogens with zero attached hydrogens (tertiary/aromatic N) is 5. The highest BCUT2D eigenvalue weighted by Crippen LogP contribution is 2.20. The van der Waals surface area contributed by atoms with E-state index < -0.39 is 0 Å². The minimum atomic E-state index is -0.330. The van der Waals surface area contributed by atoms with Crippen LogP contribution in [-0.4, -0.2) is 49.0 Å². The molecule has 3 heterocycles. The van der Waals surface area contributed by atoms with Gasteiger partial charge in [0.05, 0.1) is 0 Å². The summed E-state index contributed by atoms with van der Waals surface area (Å²) < 4.78 is 4.45. The van der Waals surface area contributed by atoms with Crippen LogP contribution in [0, 0.1) is 0 Å². The highest BCUT2D eigenvalue weighted by Gasteiger charge is 2.17. The highest BCUT2D eigenvalue weighted by atomic mass is 32.2. The summed E-state index contributed by atoms with van der Waals surface area (Å²) in [5.41, 5.74) is 0.291. The van der Waals surface area contributed by atoms with E-state index in [1.807, 2.05) is 11.6 Å². The van der Waals surface area contributed by atoms with Gasteiger partial charge in [0.25, 0.3) is 5.56 Å². The molecule has 0 unspecified atom stereocenters. The number of rotatable bonds is 4. The summed E-state index contributed by atoms with van der Waals surface area (Å²) in [5.74, 6) is 0.936. The molecule has 3 rings (SSSR count). The van der Waals surface area contributed by atoms with Gasteiger partial charge in [-0.1, -0.05) is 24.6 Å². The first-order valence-electron chi connectivity index (χ1n) is 8.48. The Balaban J connectivity index is 1.79. The largest absolute Gasteiger partial charge is 0.332 e. The molecule has 1 saturated heterocycles. The van der Waals surface area contributed by atoms with Gasteiger partial charge in [-0.2, -0.15) is 0 Å². The SMILES string of the molecule is Cn1c(=O)c2nc(SCCN3CCCCCC3)n(C)c2n(C)c1=O. The average molecular weight is 351 g/mol. The zero-order chi connectivity index (χ0) is 17.3. The Bertz CT molecular complexity index is 843. The van der Waals surface area contributed by atoms with Gasteiger partial charge in [0, 0.05) is 33.4 Å². The quantitative estimate of drug-likeness (QED) is 0.767. The number of likely N-dealkylation sites (tertiary alicyclic amines) is 1. The Labute approximate surface area is 145 Å². The van der Waals surface area contributed by atoms with Gasteiger partial charge in [0.15, 0.2) is 16.3 Å². The van der Waals surface area contributed by atoms with Crippen LogP contribution in [0.4, 0.5) is 0 Å². The molecular weight excluding hydrogens is 326 g/mol. The van der Waals surface area contributed by atoms with E-state index in [1.54, 1.807) is 18.8 Å². The molecule has 1 fully saturated rings. The molecule has 0 bridgehead atoms. The third-order valence-electron chi connectivity index (χ3n) is 4.76. The molecule has 0 aliphatic carbocycles. The van der Waals surface area contributed by atoms with Gasteiger partial charge in [0.2, 0.25) is 0 Å². The van der Waals surface area contributed by atoms with Gasteiger partial charge in [-0.15, -0.1) is 0 Å². The van der Waals surface area contributed by atoms with E-state index >= 15 is 0 Å². The van der Waals surface area contributed by atoms with Crippen molar-refractivity contribution in [1.29, 1.82) is 0 Å². The second-order valence-electron chi connectivity index (χ2n) is 6.44. The number of imidazole rings is 1. The number of fused-ring (bicyclic) bond motifs is 1. The summed E-state index contributed by atoms with van der Waals surface area (Å²) in [5, 5.41) is 0.790. The van der Waals surface area contributed by atoms with Crippen LogP contribution >= 0.6 is 11.8 Å². The molecule has 0 spiro atoms. The van der Waals surface area contributed by atoms with Crippen LogP contribution in [0.15, 0.2) is 14.7 Å². The maximum absolute atomic E-state index is 12.3. The normalized spacial score (nSPS) is 16.6. The van der Waals surface area contributed by atoms with Crippen molar-refractivity contribution in [2.75, 3.05) is 25.4 Å². The van der Waals surface area contributed by atoms with Gasteiger partial charge in [-0.05, 0) is 25.9 Å². The fraction of sp³-hybridized carbons (Fsp3) is 0.688. The molecule has 1 aliphatic rings. The van der Waals surface area contributed by atoms with Crippen LogP contribution in [-0.2, 0) is 21.1 Å². The van der Waals surface area contributed by atoms with Crippen molar-refractivity contribution in [3.05, 3.63) is 20.8 Å². The lowest BCUT2D eigenvalue weighted by molar-refractivity contribution is 0.303. The molecule has 0 N–H and O–H groups in total. The molecule has 0 aromatic carbocycles. The lowest BCUT2D eigenvalue weighted by atomic mass is 10.2. The monoisotopic (exact) mass is 351 g/mol. The first-order valence-corrected chi connectivity index (χ1v) is 9.47. The summed E-state index contributed by atoms with van der Waals surface area (Å²) in [7, 11) is 5.03. The maximum atomic E-state index is 12.3. The Kier molecular flexibility index (Phi) is 5.15. The van der Waals surface area contributed by atoms with E-state index in [4.69, 9.17) is 0 Å². The number of aromatic nitrogens is 4. The average Bonchev–Trinajstić information content (AvgIpc) is 2.76. The van der Waals surface area contributed by atoms with Crippen molar-refractivity contribution >= 4 is 22.9 Å². The molecule has 8 heteroatoms. The van der Waals surface area contributed by atoms with Crippen LogP contribution in [0.3, 0.4) is 0 Å². The van der Waals surface area contributed by atoms with Gasteiger partial charge in [-0.25, -0.2) is 9.78 Å². The van der Waals surface area contributed by atoms with Crippen molar-refractivity contribution in [2.24, 2.45) is 21.1 Å². The molecule has 1 aliphatic heterocycles. The molecule has 132 valence electrons. The standard InChI is InChI=1S/C16H25N5O2S/c1-18-13-12(14(22)20(3)16(23)19(13)2)17-15(18)24-11-10-21-8-6-4-5-7-9-21/h4-11H2,1-3H3. The van der Waals surface area contributed by atoms with E-state index in [1.165, 1.54) is 50.4 Å². The van der Waals surface area contributed by atoms with Crippen molar-refractivity contribution in [3.63, 3.8) is 0 Å². The topological polar surface area (TPSA) is 65.1 Å². The Morgan fingerprint density at radius 2 is 1.62 bits per heavy atom. The molecule has 2 aromatic heterocycles. The predicted octanol–water partition coefficient (Wildman–Crippen LogP) is 0.939. The van der Waals surface area contributed by atoms with Gasteiger partial charge < -0.3 is 9.47 Å². The second kappa shape index (κ2) is 7.14. The maximum Gasteiger partial charge on any atom is 0.332 e. The second-order valence-corrected chi connectivity index (χ2v) is 7.50. The van der Waals surface area contributed by atoms with Crippen molar-refractivity contribution in [2.45, 2.75) is 30.8 Å². The molecule has 0 radical (unpaired) electrons. The first-order chi connectivity index (χ1) is 11.5. The van der Waals surface area contributed by atoms with Crippen molar-refractivity contribution in [3.8, 4) is 0 Å². The van der Waals surface area contributed by atoms with Crippen LogP contribution in [0.5, 0.6) is 0 Å². The molecule has 0 saturated carbocycles. The molecular formula is C16H25N5O2S. The molecule has 2 aromatic rings. The van der Waals surface area contributed by atoms with Crippen LogP contribution < -0.4 is 11.2 Å². The molecule has 0 amide bonds. The van der Waals surface area contributed by atoms with E-state index in [-0.39, 0.29) is 11.2 Å². The fourth-order valence-electron chi connectivity index (χ4n) is 3.31. The number of aryl methyl sites for hydroxylation is 2. The van der Waals surface area contributed by atoms with Crippen molar-refractivity contribution in [1.82, 2.24) is 23.6 Å². The van der Waals surface area contributed by atoms with Crippen molar-refractivity contribution < 1.29 is 0 Å². The van der Waals surface area contributed by atoms with E-state index in [2.05, 4.69) is 9.88 Å². The third kappa shape index (κ3) is 3.17. The van der Waals surface area contributed by atoms with Crippen LogP contribution in [0.1, 0.15) is 25.7 Å². The molecule has 7 nitrogen and oxygen atoms in total. The minimum absolute atomic E-state index is 0.323. The zero-order valence-corrected chi connectivity index (χ0v) is 15.4. The zero-order valence-electron chi connectivity index (χ0n) is 14.6. The highest BCUT2D eigenvalue weighted by molar-refractivity contribution is 7.99. The minimum Gasteiger partial charge on any atom is -0.308 e. The summed E-state index contributed by atoms with van der Waals surface area (Å²) in [4.78, 5) is 31.4. The molecule has 24 heavy (non-hydrogen) atoms. The fourth-order valence-corrected chi connectivity index (χ4v) is 4.28. The van der Waals surface area contributed by atoms with Crippen LogP contribution in [0.2, 0.25) is 0 Å². The predicted molar refractivity (Wildman–Crippen MR) is 96.8 cm³/mol. The first kappa shape index (κ1) is 17.3. The summed E-state index contributed by atoms with van der Waals surface area (Å²) in [6.45, 7) is 3.39. The number of hydrogen-bond acceptors (Lipinski definition) is 5. The lowest BCUT2D eigenvalue weighted by Gasteiger charge is -2.18.